The van der Waals surface area contributed by atoms with Crippen LogP contribution in [0.15, 0.2) is 11.8 Å². The van der Waals surface area contributed by atoms with Gasteiger partial charge in [-0.3, -0.25) is 19.3 Å². The third-order valence-electron chi connectivity index (χ3n) is 2.08. The monoisotopic (exact) mass is 258 g/mol. The number of rotatable bonds is 4. The molecule has 0 spiro atoms. The number of aliphatic carboxylic acids is 2. The Hall–Kier alpha value is -1.96. The number of carbonyl (C=O) groups excluding carboxylic acids is 1. The quantitative estimate of drug-likeness (QED) is 0.517. The largest absolute Gasteiger partial charge is 0.480 e. The van der Waals surface area contributed by atoms with Gasteiger partial charge in [-0.2, -0.15) is 0 Å². The molecule has 0 saturated carbocycles. The molecule has 1 aliphatic rings. The summed E-state index contributed by atoms with van der Waals surface area (Å²) < 4.78 is 0. The van der Waals surface area contributed by atoms with Crippen molar-refractivity contribution in [2.75, 3.05) is 13.1 Å². The molecule has 0 bridgehead atoms. The smallest absolute Gasteiger partial charge is 0.323 e. The summed E-state index contributed by atoms with van der Waals surface area (Å²) in [5.74, 6) is -2.97. The van der Waals surface area contributed by atoms with Crippen molar-refractivity contribution >= 4 is 35.2 Å². The fraction of sp³-hybridized carbons (Fsp3) is 0.333. The zero-order valence-corrected chi connectivity index (χ0v) is 9.73. The number of carboxylic acids is 2. The lowest BCUT2D eigenvalue weighted by molar-refractivity contribution is -0.140. The Morgan fingerprint density at radius 1 is 1.24 bits per heavy atom. The standard InChI is InChI=1S/C9H10N2O5S/c1-2-5-8(16)11(4-7(14)15)9(17)10(5)3-6(12)13/h2H,3-4H2,1H3,(H,12,13)(H,14,15)/b5-2+. The number of carboxylic acid groups (broad SMARTS) is 2. The highest BCUT2D eigenvalue weighted by Crippen LogP contribution is 2.20. The van der Waals surface area contributed by atoms with Crippen molar-refractivity contribution < 1.29 is 24.6 Å². The molecule has 0 atom stereocenters. The van der Waals surface area contributed by atoms with E-state index in [2.05, 4.69) is 0 Å². The van der Waals surface area contributed by atoms with Crippen molar-refractivity contribution in [1.82, 2.24) is 9.80 Å². The van der Waals surface area contributed by atoms with Crippen molar-refractivity contribution in [3.63, 3.8) is 0 Å². The number of amides is 1. The first-order valence-electron chi connectivity index (χ1n) is 4.61. The van der Waals surface area contributed by atoms with E-state index in [0.29, 0.717) is 0 Å². The summed E-state index contributed by atoms with van der Waals surface area (Å²) in [6.45, 7) is 0.500. The molecule has 0 radical (unpaired) electrons. The average Bonchev–Trinajstić information content (AvgIpc) is 2.42. The summed E-state index contributed by atoms with van der Waals surface area (Å²) in [7, 11) is 0. The normalized spacial score (nSPS) is 18.1. The molecule has 1 aliphatic heterocycles. The van der Waals surface area contributed by atoms with Gasteiger partial charge in [0, 0.05) is 0 Å². The summed E-state index contributed by atoms with van der Waals surface area (Å²) in [5, 5.41) is 17.2. The SMILES string of the molecule is C/C=C1\C(=O)N(CC(=O)O)C(=S)N1CC(=O)O. The van der Waals surface area contributed by atoms with Crippen LogP contribution in [0.4, 0.5) is 0 Å². The summed E-state index contributed by atoms with van der Waals surface area (Å²) in [4.78, 5) is 34.9. The number of hydrogen-bond donors (Lipinski definition) is 2. The van der Waals surface area contributed by atoms with Gasteiger partial charge in [0.25, 0.3) is 5.91 Å². The van der Waals surface area contributed by atoms with Gasteiger partial charge in [-0.1, -0.05) is 6.08 Å². The molecule has 92 valence electrons. The lowest BCUT2D eigenvalue weighted by Crippen LogP contribution is -2.38. The third-order valence-corrected chi connectivity index (χ3v) is 2.52. The maximum Gasteiger partial charge on any atom is 0.323 e. The Bertz CT molecular complexity index is 431. The van der Waals surface area contributed by atoms with E-state index in [4.69, 9.17) is 22.4 Å². The van der Waals surface area contributed by atoms with Gasteiger partial charge in [0.1, 0.15) is 18.8 Å². The minimum atomic E-state index is -1.21. The number of carbonyl (C=O) groups is 3. The second-order valence-electron chi connectivity index (χ2n) is 3.22. The van der Waals surface area contributed by atoms with E-state index in [-0.39, 0.29) is 10.8 Å². The Morgan fingerprint density at radius 2 is 1.71 bits per heavy atom. The van der Waals surface area contributed by atoms with Crippen molar-refractivity contribution in [2.24, 2.45) is 0 Å². The van der Waals surface area contributed by atoms with Gasteiger partial charge in [0.05, 0.1) is 0 Å². The molecule has 2 N–H and O–H groups in total. The highest BCUT2D eigenvalue weighted by atomic mass is 32.1. The Labute approximate surface area is 102 Å². The van der Waals surface area contributed by atoms with Gasteiger partial charge >= 0.3 is 11.9 Å². The molecule has 7 nitrogen and oxygen atoms in total. The second kappa shape index (κ2) is 4.91. The molecule has 0 aromatic rings. The van der Waals surface area contributed by atoms with Crippen LogP contribution in [0.5, 0.6) is 0 Å². The molecule has 8 heteroatoms. The van der Waals surface area contributed by atoms with Crippen LogP contribution in [0.2, 0.25) is 0 Å². The highest BCUT2D eigenvalue weighted by Gasteiger charge is 2.39. The molecule has 1 heterocycles. The zero-order valence-electron chi connectivity index (χ0n) is 8.91. The van der Waals surface area contributed by atoms with Gasteiger partial charge in [0.15, 0.2) is 5.11 Å². The average molecular weight is 258 g/mol. The molecule has 0 aliphatic carbocycles. The molecule has 0 aromatic carbocycles. The van der Waals surface area contributed by atoms with Gasteiger partial charge in [-0.15, -0.1) is 0 Å². The molecule has 0 aromatic heterocycles. The number of hydrogen-bond acceptors (Lipinski definition) is 4. The lowest BCUT2D eigenvalue weighted by Gasteiger charge is -2.16. The Kier molecular flexibility index (Phi) is 3.79. The first kappa shape index (κ1) is 13.1. The van der Waals surface area contributed by atoms with Gasteiger partial charge in [-0.05, 0) is 19.1 Å². The van der Waals surface area contributed by atoms with Crippen molar-refractivity contribution in [2.45, 2.75) is 6.92 Å². The molecular weight excluding hydrogens is 248 g/mol. The third kappa shape index (κ3) is 2.59. The molecule has 1 saturated heterocycles. The molecule has 17 heavy (non-hydrogen) atoms. The maximum atomic E-state index is 11.7. The van der Waals surface area contributed by atoms with Crippen LogP contribution in [-0.2, 0) is 14.4 Å². The summed E-state index contributed by atoms with van der Waals surface area (Å²) in [6.07, 6.45) is 1.40. The second-order valence-corrected chi connectivity index (χ2v) is 3.59. The first-order chi connectivity index (χ1) is 7.88. The number of nitrogens with zero attached hydrogens (tertiary/aromatic N) is 2. The van der Waals surface area contributed by atoms with Crippen LogP contribution in [0.3, 0.4) is 0 Å². The van der Waals surface area contributed by atoms with Crippen LogP contribution in [0.25, 0.3) is 0 Å². The molecule has 1 rings (SSSR count). The van der Waals surface area contributed by atoms with E-state index in [1.807, 2.05) is 0 Å². The van der Waals surface area contributed by atoms with Gasteiger partial charge < -0.3 is 15.1 Å². The minimum Gasteiger partial charge on any atom is -0.480 e. The fourth-order valence-electron chi connectivity index (χ4n) is 1.43. The van der Waals surface area contributed by atoms with E-state index >= 15 is 0 Å². The van der Waals surface area contributed by atoms with E-state index < -0.39 is 30.9 Å². The Morgan fingerprint density at radius 3 is 2.12 bits per heavy atom. The summed E-state index contributed by atoms with van der Waals surface area (Å²) in [6, 6.07) is 0. The first-order valence-corrected chi connectivity index (χ1v) is 5.02. The number of allylic oxidation sites excluding steroid dienone is 1. The summed E-state index contributed by atoms with van der Waals surface area (Å²) >= 11 is 4.88. The highest BCUT2D eigenvalue weighted by molar-refractivity contribution is 7.80. The van der Waals surface area contributed by atoms with Crippen molar-refractivity contribution in [1.29, 1.82) is 0 Å². The van der Waals surface area contributed by atoms with Crippen LogP contribution in [0, 0.1) is 0 Å². The molecule has 1 fully saturated rings. The van der Waals surface area contributed by atoms with Crippen LogP contribution >= 0.6 is 12.2 Å². The maximum absolute atomic E-state index is 11.7. The number of thiocarbonyl (C=S) groups is 1. The van der Waals surface area contributed by atoms with E-state index in [9.17, 15) is 14.4 Å². The van der Waals surface area contributed by atoms with Gasteiger partial charge in [-0.25, -0.2) is 0 Å². The van der Waals surface area contributed by atoms with Crippen LogP contribution < -0.4 is 0 Å². The van der Waals surface area contributed by atoms with Crippen LogP contribution in [-0.4, -0.2) is 56.1 Å². The predicted molar refractivity (Wildman–Crippen MR) is 60.0 cm³/mol. The molecule has 1 amide bonds. The van der Waals surface area contributed by atoms with Gasteiger partial charge in [0.2, 0.25) is 0 Å². The topological polar surface area (TPSA) is 98.2 Å². The minimum absolute atomic E-state index is 0.0821. The van der Waals surface area contributed by atoms with Crippen molar-refractivity contribution in [3.05, 3.63) is 11.8 Å². The van der Waals surface area contributed by atoms with E-state index in [0.717, 1.165) is 9.80 Å². The predicted octanol–water partition coefficient (Wildman–Crippen LogP) is -0.511. The van der Waals surface area contributed by atoms with Crippen molar-refractivity contribution in [3.8, 4) is 0 Å². The Balaban J connectivity index is 3.01. The zero-order chi connectivity index (χ0) is 13.2. The van der Waals surface area contributed by atoms with Crippen LogP contribution in [0.1, 0.15) is 6.92 Å². The molecule has 0 unspecified atom stereocenters. The molecular formula is C9H10N2O5S. The van der Waals surface area contributed by atoms with E-state index in [1.54, 1.807) is 6.92 Å². The fourth-order valence-corrected chi connectivity index (χ4v) is 1.74. The lowest BCUT2D eigenvalue weighted by atomic mass is 10.3. The summed E-state index contributed by atoms with van der Waals surface area (Å²) in [5.41, 5.74) is 0.0821. The van der Waals surface area contributed by atoms with E-state index in [1.165, 1.54) is 6.08 Å².